The maximum absolute atomic E-state index is 9.89. The van der Waals surface area contributed by atoms with Gasteiger partial charge >= 0.3 is 0 Å². The summed E-state index contributed by atoms with van der Waals surface area (Å²) in [5.41, 5.74) is 1.65. The van der Waals surface area contributed by atoms with Crippen LogP contribution in [0, 0.1) is 6.92 Å². The number of hydrogen-bond donors (Lipinski definition) is 1. The Labute approximate surface area is 84.5 Å². The number of hydrogen-bond acceptors (Lipinski definition) is 3. The van der Waals surface area contributed by atoms with E-state index in [4.69, 9.17) is 4.74 Å². The zero-order valence-corrected chi connectivity index (χ0v) is 9.24. The summed E-state index contributed by atoms with van der Waals surface area (Å²) < 4.78 is 6.86. The van der Waals surface area contributed by atoms with Crippen LogP contribution >= 0.6 is 0 Å². The molecule has 1 heterocycles. The van der Waals surface area contributed by atoms with Crippen LogP contribution in [0.1, 0.15) is 37.1 Å². The second kappa shape index (κ2) is 4.46. The van der Waals surface area contributed by atoms with Crippen LogP contribution in [0.2, 0.25) is 0 Å². The first-order valence-electron chi connectivity index (χ1n) is 4.87. The van der Waals surface area contributed by atoms with E-state index < -0.39 is 6.10 Å². The summed E-state index contributed by atoms with van der Waals surface area (Å²) in [4.78, 5) is 0. The minimum absolute atomic E-state index is 0.469. The van der Waals surface area contributed by atoms with Crippen molar-refractivity contribution in [3.8, 4) is 5.88 Å². The molecule has 1 unspecified atom stereocenters. The lowest BCUT2D eigenvalue weighted by Crippen LogP contribution is -2.01. The Morgan fingerprint density at radius 3 is 2.71 bits per heavy atom. The largest absolute Gasteiger partial charge is 0.481 e. The molecule has 4 heteroatoms. The molecule has 1 aromatic heterocycles. The van der Waals surface area contributed by atoms with E-state index in [1.54, 1.807) is 11.8 Å². The standard InChI is InChI=1S/C10H18N2O2/c1-5-6-8(13)9-7(2)11-12(3)10(9)14-4/h8,13H,5-6H2,1-4H3. The van der Waals surface area contributed by atoms with E-state index >= 15 is 0 Å². The average molecular weight is 198 g/mol. The van der Waals surface area contributed by atoms with Crippen molar-refractivity contribution in [1.29, 1.82) is 0 Å². The maximum atomic E-state index is 9.89. The summed E-state index contributed by atoms with van der Waals surface area (Å²) in [6.45, 7) is 3.93. The van der Waals surface area contributed by atoms with Crippen molar-refractivity contribution in [1.82, 2.24) is 9.78 Å². The van der Waals surface area contributed by atoms with Gasteiger partial charge in [-0.05, 0) is 13.3 Å². The third-order valence-electron chi connectivity index (χ3n) is 2.30. The fourth-order valence-electron chi connectivity index (χ4n) is 1.70. The number of aromatic nitrogens is 2. The quantitative estimate of drug-likeness (QED) is 0.798. The summed E-state index contributed by atoms with van der Waals surface area (Å²) in [6, 6.07) is 0. The molecule has 0 aromatic carbocycles. The molecule has 0 saturated carbocycles. The highest BCUT2D eigenvalue weighted by atomic mass is 16.5. The lowest BCUT2D eigenvalue weighted by molar-refractivity contribution is 0.161. The van der Waals surface area contributed by atoms with Crippen LogP contribution in [0.15, 0.2) is 0 Å². The highest BCUT2D eigenvalue weighted by Gasteiger charge is 2.20. The molecule has 0 aliphatic heterocycles. The number of aryl methyl sites for hydroxylation is 2. The molecule has 0 spiro atoms. The van der Waals surface area contributed by atoms with Gasteiger partial charge in [-0.1, -0.05) is 13.3 Å². The number of ether oxygens (including phenoxy) is 1. The highest BCUT2D eigenvalue weighted by Crippen LogP contribution is 2.30. The van der Waals surface area contributed by atoms with E-state index in [9.17, 15) is 5.11 Å². The molecule has 1 aromatic rings. The fraction of sp³-hybridized carbons (Fsp3) is 0.700. The zero-order chi connectivity index (χ0) is 10.7. The predicted octanol–water partition coefficient (Wildman–Crippen LogP) is 1.57. The minimum Gasteiger partial charge on any atom is -0.481 e. The predicted molar refractivity (Wildman–Crippen MR) is 54.4 cm³/mol. The molecule has 0 aliphatic rings. The minimum atomic E-state index is -0.469. The lowest BCUT2D eigenvalue weighted by atomic mass is 10.1. The first-order valence-corrected chi connectivity index (χ1v) is 4.87. The highest BCUT2D eigenvalue weighted by molar-refractivity contribution is 5.32. The summed E-state index contributed by atoms with van der Waals surface area (Å²) in [5, 5.41) is 14.1. The molecular weight excluding hydrogens is 180 g/mol. The topological polar surface area (TPSA) is 47.3 Å². The molecule has 0 radical (unpaired) electrons. The van der Waals surface area contributed by atoms with Crippen LogP contribution in [0.5, 0.6) is 5.88 Å². The lowest BCUT2D eigenvalue weighted by Gasteiger charge is -2.10. The van der Waals surface area contributed by atoms with E-state index in [1.807, 2.05) is 20.9 Å². The monoisotopic (exact) mass is 198 g/mol. The van der Waals surface area contributed by atoms with Crippen molar-refractivity contribution in [3.63, 3.8) is 0 Å². The molecular formula is C10H18N2O2. The second-order valence-electron chi connectivity index (χ2n) is 3.44. The van der Waals surface area contributed by atoms with Gasteiger partial charge in [0.1, 0.15) is 0 Å². The third kappa shape index (κ3) is 1.90. The SMILES string of the molecule is CCCC(O)c1c(C)nn(C)c1OC. The van der Waals surface area contributed by atoms with Crippen molar-refractivity contribution >= 4 is 0 Å². The molecule has 4 nitrogen and oxygen atoms in total. The van der Waals surface area contributed by atoms with Crippen molar-refractivity contribution in [2.45, 2.75) is 32.8 Å². The first kappa shape index (κ1) is 11.0. The molecule has 0 amide bonds. The van der Waals surface area contributed by atoms with Gasteiger partial charge in [0.2, 0.25) is 5.88 Å². The maximum Gasteiger partial charge on any atom is 0.217 e. The smallest absolute Gasteiger partial charge is 0.217 e. The van der Waals surface area contributed by atoms with Crippen molar-refractivity contribution in [3.05, 3.63) is 11.3 Å². The van der Waals surface area contributed by atoms with Crippen LogP contribution in [-0.4, -0.2) is 22.0 Å². The summed E-state index contributed by atoms with van der Waals surface area (Å²) in [7, 11) is 3.41. The van der Waals surface area contributed by atoms with Crippen LogP contribution in [0.3, 0.4) is 0 Å². The normalized spacial score (nSPS) is 12.9. The van der Waals surface area contributed by atoms with Gasteiger partial charge in [0.15, 0.2) is 0 Å². The van der Waals surface area contributed by atoms with Crippen molar-refractivity contribution in [2.24, 2.45) is 7.05 Å². The van der Waals surface area contributed by atoms with Gasteiger partial charge in [-0.15, -0.1) is 0 Å². The van der Waals surface area contributed by atoms with Gasteiger partial charge in [-0.25, -0.2) is 4.68 Å². The van der Waals surface area contributed by atoms with E-state index in [2.05, 4.69) is 5.10 Å². The Kier molecular flexibility index (Phi) is 3.52. The van der Waals surface area contributed by atoms with Crippen LogP contribution in [-0.2, 0) is 7.05 Å². The van der Waals surface area contributed by atoms with E-state index in [0.717, 1.165) is 24.1 Å². The van der Waals surface area contributed by atoms with Crippen LogP contribution < -0.4 is 4.74 Å². The van der Waals surface area contributed by atoms with Crippen molar-refractivity contribution in [2.75, 3.05) is 7.11 Å². The summed E-state index contributed by atoms with van der Waals surface area (Å²) in [6.07, 6.45) is 1.21. The number of rotatable bonds is 4. The number of aliphatic hydroxyl groups is 1. The van der Waals surface area contributed by atoms with Crippen LogP contribution in [0.4, 0.5) is 0 Å². The first-order chi connectivity index (χ1) is 6.61. The number of nitrogens with zero attached hydrogens (tertiary/aromatic N) is 2. The molecule has 0 bridgehead atoms. The van der Waals surface area contributed by atoms with Gasteiger partial charge < -0.3 is 9.84 Å². The van der Waals surface area contributed by atoms with Gasteiger partial charge in [0.05, 0.1) is 24.5 Å². The van der Waals surface area contributed by atoms with E-state index in [1.165, 1.54) is 0 Å². The Bertz CT molecular complexity index is 307. The van der Waals surface area contributed by atoms with Crippen molar-refractivity contribution < 1.29 is 9.84 Å². The number of aliphatic hydroxyl groups excluding tert-OH is 1. The van der Waals surface area contributed by atoms with Crippen LogP contribution in [0.25, 0.3) is 0 Å². The molecule has 1 atom stereocenters. The Hall–Kier alpha value is -1.03. The summed E-state index contributed by atoms with van der Waals surface area (Å²) >= 11 is 0. The summed E-state index contributed by atoms with van der Waals surface area (Å²) in [5.74, 6) is 0.656. The molecule has 14 heavy (non-hydrogen) atoms. The second-order valence-corrected chi connectivity index (χ2v) is 3.44. The number of methoxy groups -OCH3 is 1. The molecule has 80 valence electrons. The molecule has 1 rings (SSSR count). The molecule has 0 fully saturated rings. The third-order valence-corrected chi connectivity index (χ3v) is 2.30. The zero-order valence-electron chi connectivity index (χ0n) is 9.24. The molecule has 1 N–H and O–H groups in total. The van der Waals surface area contributed by atoms with Gasteiger partial charge in [0, 0.05) is 7.05 Å². The average Bonchev–Trinajstić information content (AvgIpc) is 2.40. The van der Waals surface area contributed by atoms with Gasteiger partial charge in [-0.3, -0.25) is 0 Å². The Morgan fingerprint density at radius 2 is 2.21 bits per heavy atom. The van der Waals surface area contributed by atoms with Gasteiger partial charge in [-0.2, -0.15) is 5.10 Å². The molecule has 0 aliphatic carbocycles. The Morgan fingerprint density at radius 1 is 1.57 bits per heavy atom. The fourth-order valence-corrected chi connectivity index (χ4v) is 1.70. The van der Waals surface area contributed by atoms with E-state index in [0.29, 0.717) is 5.88 Å². The molecule has 0 saturated heterocycles. The van der Waals surface area contributed by atoms with E-state index in [-0.39, 0.29) is 0 Å². The van der Waals surface area contributed by atoms with Gasteiger partial charge in [0.25, 0.3) is 0 Å². The Balaban J connectivity index is 3.04.